The van der Waals surface area contributed by atoms with Gasteiger partial charge in [-0.15, -0.1) is 0 Å². The topological polar surface area (TPSA) is 49.3 Å². The van der Waals surface area contributed by atoms with Crippen LogP contribution in [0.4, 0.5) is 4.39 Å². The van der Waals surface area contributed by atoms with Crippen LogP contribution < -0.4 is 5.32 Å². The predicted molar refractivity (Wildman–Crippen MR) is 92.2 cm³/mol. The summed E-state index contributed by atoms with van der Waals surface area (Å²) in [5, 5.41) is 13.0. The van der Waals surface area contributed by atoms with Crippen LogP contribution in [0, 0.1) is 17.7 Å². The molecule has 3 nitrogen and oxygen atoms in total. The van der Waals surface area contributed by atoms with E-state index in [0.717, 1.165) is 25.7 Å². The molecule has 0 aliphatic heterocycles. The first-order valence-corrected chi connectivity index (χ1v) is 9.38. The van der Waals surface area contributed by atoms with Crippen molar-refractivity contribution >= 4 is 5.97 Å². The summed E-state index contributed by atoms with van der Waals surface area (Å²) >= 11 is 0. The standard InChI is InChI=1S/C20H28FNO2/c21-17-10-6-15(7-11-17)19(14-4-2-1-3-5-14)22-18-12-8-16(9-13-18)20(23)24/h6-7,10-11,14,16,18-19,22H,1-5,8-9,12-13H2,(H,23,24). The molecule has 0 heterocycles. The second-order valence-corrected chi connectivity index (χ2v) is 7.48. The molecule has 3 rings (SSSR count). The first-order chi connectivity index (χ1) is 11.6. The van der Waals surface area contributed by atoms with E-state index in [0.29, 0.717) is 12.0 Å². The minimum absolute atomic E-state index is 0.179. The fourth-order valence-corrected chi connectivity index (χ4v) is 4.40. The lowest BCUT2D eigenvalue weighted by atomic mass is 9.79. The van der Waals surface area contributed by atoms with E-state index in [2.05, 4.69) is 5.32 Å². The Kier molecular flexibility index (Phi) is 5.88. The summed E-state index contributed by atoms with van der Waals surface area (Å²) in [6.45, 7) is 0. The number of hydrogen-bond donors (Lipinski definition) is 2. The van der Waals surface area contributed by atoms with Crippen LogP contribution in [0.25, 0.3) is 0 Å². The van der Waals surface area contributed by atoms with Crippen LogP contribution >= 0.6 is 0 Å². The monoisotopic (exact) mass is 333 g/mol. The number of carboxylic acids is 1. The normalized spacial score (nSPS) is 26.9. The Balaban J connectivity index is 1.68. The first kappa shape index (κ1) is 17.4. The van der Waals surface area contributed by atoms with Crippen molar-refractivity contribution < 1.29 is 14.3 Å². The molecule has 2 saturated carbocycles. The fourth-order valence-electron chi connectivity index (χ4n) is 4.40. The Bertz CT molecular complexity index is 531. The van der Waals surface area contributed by atoms with Gasteiger partial charge in [0.15, 0.2) is 0 Å². The number of aliphatic carboxylic acids is 1. The maximum absolute atomic E-state index is 13.3. The summed E-state index contributed by atoms with van der Waals surface area (Å²) in [5.41, 5.74) is 1.17. The molecule has 4 heteroatoms. The van der Waals surface area contributed by atoms with Gasteiger partial charge in [0.1, 0.15) is 5.82 Å². The zero-order chi connectivity index (χ0) is 16.9. The Morgan fingerprint density at radius 3 is 2.21 bits per heavy atom. The van der Waals surface area contributed by atoms with Crippen LogP contribution in [0.1, 0.15) is 69.4 Å². The lowest BCUT2D eigenvalue weighted by molar-refractivity contribution is -0.142. The van der Waals surface area contributed by atoms with Crippen LogP contribution in [0.3, 0.4) is 0 Å². The zero-order valence-corrected chi connectivity index (χ0v) is 14.2. The molecule has 0 radical (unpaired) electrons. The number of rotatable bonds is 5. The highest BCUT2D eigenvalue weighted by Crippen LogP contribution is 2.36. The lowest BCUT2D eigenvalue weighted by Crippen LogP contribution is -2.40. The average Bonchev–Trinajstić information content (AvgIpc) is 2.62. The molecule has 1 aromatic rings. The van der Waals surface area contributed by atoms with Gasteiger partial charge in [-0.3, -0.25) is 4.79 Å². The largest absolute Gasteiger partial charge is 0.481 e. The van der Waals surface area contributed by atoms with Crippen molar-refractivity contribution in [2.75, 3.05) is 0 Å². The van der Waals surface area contributed by atoms with E-state index in [-0.39, 0.29) is 17.8 Å². The molecule has 0 spiro atoms. The molecule has 1 aromatic carbocycles. The van der Waals surface area contributed by atoms with Crippen LogP contribution in [-0.4, -0.2) is 17.1 Å². The van der Waals surface area contributed by atoms with E-state index < -0.39 is 5.97 Å². The van der Waals surface area contributed by atoms with Gasteiger partial charge in [0.05, 0.1) is 5.92 Å². The fraction of sp³-hybridized carbons (Fsp3) is 0.650. The molecular formula is C20H28FNO2. The SMILES string of the molecule is O=C(O)C1CCC(NC(c2ccc(F)cc2)C2CCCCC2)CC1. The van der Waals surface area contributed by atoms with E-state index in [1.54, 1.807) is 12.1 Å². The van der Waals surface area contributed by atoms with Crippen molar-refractivity contribution in [2.24, 2.45) is 11.8 Å². The second kappa shape index (κ2) is 8.11. The minimum atomic E-state index is -0.657. The molecule has 0 saturated heterocycles. The quantitative estimate of drug-likeness (QED) is 0.822. The molecule has 0 bridgehead atoms. The van der Waals surface area contributed by atoms with E-state index >= 15 is 0 Å². The van der Waals surface area contributed by atoms with E-state index in [1.165, 1.54) is 37.7 Å². The Hall–Kier alpha value is -1.42. The Morgan fingerprint density at radius 2 is 1.62 bits per heavy atom. The van der Waals surface area contributed by atoms with Crippen molar-refractivity contribution in [1.82, 2.24) is 5.32 Å². The third kappa shape index (κ3) is 4.35. The molecule has 2 N–H and O–H groups in total. The summed E-state index contributed by atoms with van der Waals surface area (Å²) in [6, 6.07) is 7.55. The van der Waals surface area contributed by atoms with Crippen LogP contribution in [0.5, 0.6) is 0 Å². The van der Waals surface area contributed by atoms with Gasteiger partial charge in [-0.2, -0.15) is 0 Å². The molecule has 132 valence electrons. The van der Waals surface area contributed by atoms with Gasteiger partial charge < -0.3 is 10.4 Å². The van der Waals surface area contributed by atoms with Gasteiger partial charge in [0.25, 0.3) is 0 Å². The third-order valence-electron chi connectivity index (χ3n) is 5.84. The predicted octanol–water partition coefficient (Wildman–Crippen LogP) is 4.68. The summed E-state index contributed by atoms with van der Waals surface area (Å²) < 4.78 is 13.3. The number of carboxylic acid groups (broad SMARTS) is 1. The van der Waals surface area contributed by atoms with Crippen LogP contribution in [0.2, 0.25) is 0 Å². The third-order valence-corrected chi connectivity index (χ3v) is 5.84. The van der Waals surface area contributed by atoms with Crippen molar-refractivity contribution in [3.63, 3.8) is 0 Å². The number of benzene rings is 1. The van der Waals surface area contributed by atoms with Gasteiger partial charge in [-0.25, -0.2) is 4.39 Å². The number of nitrogens with one attached hydrogen (secondary N) is 1. The zero-order valence-electron chi connectivity index (χ0n) is 14.2. The van der Waals surface area contributed by atoms with Crippen molar-refractivity contribution in [2.45, 2.75) is 69.9 Å². The van der Waals surface area contributed by atoms with Crippen LogP contribution in [0.15, 0.2) is 24.3 Å². The lowest BCUT2D eigenvalue weighted by Gasteiger charge is -2.36. The van der Waals surface area contributed by atoms with E-state index in [9.17, 15) is 9.18 Å². The van der Waals surface area contributed by atoms with Crippen molar-refractivity contribution in [3.05, 3.63) is 35.6 Å². The first-order valence-electron chi connectivity index (χ1n) is 9.38. The molecule has 2 aliphatic rings. The molecular weight excluding hydrogens is 305 g/mol. The highest BCUT2D eigenvalue weighted by atomic mass is 19.1. The van der Waals surface area contributed by atoms with Crippen molar-refractivity contribution in [3.8, 4) is 0 Å². The summed E-state index contributed by atoms with van der Waals surface area (Å²) in [7, 11) is 0. The number of carbonyl (C=O) groups is 1. The Labute approximate surface area is 143 Å². The van der Waals surface area contributed by atoms with E-state index in [4.69, 9.17) is 5.11 Å². The minimum Gasteiger partial charge on any atom is -0.481 e. The number of halogens is 1. The molecule has 0 aromatic heterocycles. The summed E-state index contributed by atoms with van der Waals surface area (Å²) in [4.78, 5) is 11.1. The number of hydrogen-bond acceptors (Lipinski definition) is 2. The molecule has 2 aliphatic carbocycles. The summed E-state index contributed by atoms with van der Waals surface area (Å²) in [6.07, 6.45) is 9.66. The average molecular weight is 333 g/mol. The highest BCUT2D eigenvalue weighted by molar-refractivity contribution is 5.70. The van der Waals surface area contributed by atoms with Crippen molar-refractivity contribution in [1.29, 1.82) is 0 Å². The molecule has 1 atom stereocenters. The maximum atomic E-state index is 13.3. The van der Waals surface area contributed by atoms with Gasteiger partial charge in [-0.05, 0) is 62.1 Å². The molecule has 0 amide bonds. The summed E-state index contributed by atoms with van der Waals surface area (Å²) in [5.74, 6) is -0.428. The van der Waals surface area contributed by atoms with Crippen LogP contribution in [-0.2, 0) is 4.79 Å². The molecule has 1 unspecified atom stereocenters. The van der Waals surface area contributed by atoms with Gasteiger partial charge in [0, 0.05) is 12.1 Å². The van der Waals surface area contributed by atoms with Gasteiger partial charge in [0.2, 0.25) is 0 Å². The molecule has 24 heavy (non-hydrogen) atoms. The molecule has 2 fully saturated rings. The van der Waals surface area contributed by atoms with Gasteiger partial charge >= 0.3 is 5.97 Å². The highest BCUT2D eigenvalue weighted by Gasteiger charge is 2.31. The Morgan fingerprint density at radius 1 is 1.00 bits per heavy atom. The van der Waals surface area contributed by atoms with E-state index in [1.807, 2.05) is 12.1 Å². The second-order valence-electron chi connectivity index (χ2n) is 7.48. The maximum Gasteiger partial charge on any atom is 0.306 e. The smallest absolute Gasteiger partial charge is 0.306 e. The van der Waals surface area contributed by atoms with Gasteiger partial charge in [-0.1, -0.05) is 31.4 Å².